The standard InChI is InChI=1S/C34H54NO3/c1-4-5-6-7-8-9-10-11-15-23-32-24-16-17-25-33(32)37-28-20-29-38-34(36)26-18-19-27-35(2,3)30-31-21-13-12-14-22-31/h12-14,16-17,21-22,24-25H,4-11,15,18-20,23,26-30H2,1-3H3/q+1. The van der Waals surface area contributed by atoms with Crippen LogP contribution in [0.3, 0.4) is 0 Å². The number of aryl methyl sites for hydroxylation is 1. The molecule has 0 heterocycles. The minimum absolute atomic E-state index is 0.0934. The first-order valence-corrected chi connectivity index (χ1v) is 15.2. The van der Waals surface area contributed by atoms with E-state index in [4.69, 9.17) is 9.47 Å². The second-order valence-electron chi connectivity index (χ2n) is 11.4. The molecule has 0 saturated heterocycles. The number of unbranched alkanes of at least 4 members (excludes halogenated alkanes) is 9. The van der Waals surface area contributed by atoms with E-state index in [1.54, 1.807) is 0 Å². The smallest absolute Gasteiger partial charge is 0.305 e. The fraction of sp³-hybridized carbons (Fsp3) is 0.618. The number of hydrogen-bond acceptors (Lipinski definition) is 3. The number of esters is 1. The van der Waals surface area contributed by atoms with Crippen LogP contribution in [-0.2, 0) is 22.5 Å². The first-order valence-electron chi connectivity index (χ1n) is 15.2. The monoisotopic (exact) mass is 524 g/mol. The molecule has 2 rings (SSSR count). The summed E-state index contributed by atoms with van der Waals surface area (Å²) >= 11 is 0. The van der Waals surface area contributed by atoms with Gasteiger partial charge in [-0.15, -0.1) is 0 Å². The summed E-state index contributed by atoms with van der Waals surface area (Å²) in [6, 6.07) is 19.0. The molecule has 0 aromatic heterocycles. The number of para-hydroxylation sites is 1. The lowest BCUT2D eigenvalue weighted by molar-refractivity contribution is -0.903. The maximum atomic E-state index is 12.1. The number of carbonyl (C=O) groups excluding carboxylic acids is 1. The van der Waals surface area contributed by atoms with Crippen molar-refractivity contribution in [2.75, 3.05) is 33.9 Å². The van der Waals surface area contributed by atoms with E-state index < -0.39 is 0 Å². The van der Waals surface area contributed by atoms with Gasteiger partial charge in [-0.2, -0.15) is 0 Å². The Balaban J connectivity index is 1.51. The summed E-state index contributed by atoms with van der Waals surface area (Å²) in [4.78, 5) is 12.1. The summed E-state index contributed by atoms with van der Waals surface area (Å²) in [5, 5.41) is 0. The van der Waals surface area contributed by atoms with Gasteiger partial charge < -0.3 is 14.0 Å². The lowest BCUT2D eigenvalue weighted by atomic mass is 10.0. The van der Waals surface area contributed by atoms with Crippen LogP contribution in [0, 0.1) is 0 Å². The first-order chi connectivity index (χ1) is 18.5. The topological polar surface area (TPSA) is 35.5 Å². The molecule has 0 aliphatic carbocycles. The van der Waals surface area contributed by atoms with Crippen LogP contribution in [-0.4, -0.2) is 44.3 Å². The van der Waals surface area contributed by atoms with Crippen LogP contribution in [0.25, 0.3) is 0 Å². The molecule has 0 radical (unpaired) electrons. The predicted molar refractivity (Wildman–Crippen MR) is 159 cm³/mol. The van der Waals surface area contributed by atoms with Gasteiger partial charge in [-0.3, -0.25) is 4.79 Å². The van der Waals surface area contributed by atoms with Gasteiger partial charge in [0.1, 0.15) is 12.3 Å². The Morgan fingerprint density at radius 2 is 1.37 bits per heavy atom. The third-order valence-corrected chi connectivity index (χ3v) is 7.18. The highest BCUT2D eigenvalue weighted by Gasteiger charge is 2.15. The van der Waals surface area contributed by atoms with Crippen molar-refractivity contribution in [2.45, 2.75) is 103 Å². The Morgan fingerprint density at radius 3 is 2.11 bits per heavy atom. The van der Waals surface area contributed by atoms with Crippen LogP contribution in [0.5, 0.6) is 5.75 Å². The van der Waals surface area contributed by atoms with Crippen molar-refractivity contribution in [2.24, 2.45) is 0 Å². The zero-order chi connectivity index (χ0) is 27.3. The molecule has 2 aromatic rings. The molecule has 0 saturated carbocycles. The molecule has 0 aliphatic rings. The van der Waals surface area contributed by atoms with Crippen LogP contribution in [0.15, 0.2) is 54.6 Å². The van der Waals surface area contributed by atoms with Crippen LogP contribution in [0.1, 0.15) is 102 Å². The van der Waals surface area contributed by atoms with Crippen molar-refractivity contribution in [3.05, 3.63) is 65.7 Å². The van der Waals surface area contributed by atoms with Crippen LogP contribution < -0.4 is 4.74 Å². The number of carbonyl (C=O) groups is 1. The molecular weight excluding hydrogens is 470 g/mol. The van der Waals surface area contributed by atoms with Crippen molar-refractivity contribution in [3.63, 3.8) is 0 Å². The second kappa shape index (κ2) is 19.7. The zero-order valence-corrected chi connectivity index (χ0v) is 24.6. The van der Waals surface area contributed by atoms with Gasteiger partial charge >= 0.3 is 5.97 Å². The highest BCUT2D eigenvalue weighted by Crippen LogP contribution is 2.21. The van der Waals surface area contributed by atoms with E-state index in [9.17, 15) is 4.79 Å². The van der Waals surface area contributed by atoms with Crippen LogP contribution in [0.2, 0.25) is 0 Å². The zero-order valence-electron chi connectivity index (χ0n) is 24.6. The summed E-state index contributed by atoms with van der Waals surface area (Å²) in [5.74, 6) is 0.888. The van der Waals surface area contributed by atoms with Gasteiger partial charge in [0.15, 0.2) is 0 Å². The predicted octanol–water partition coefficient (Wildman–Crippen LogP) is 8.52. The van der Waals surface area contributed by atoms with E-state index in [-0.39, 0.29) is 5.97 Å². The molecule has 212 valence electrons. The SMILES string of the molecule is CCCCCCCCCCCc1ccccc1OCCCOC(=O)CCCC[N+](C)(C)Cc1ccccc1. The molecule has 0 N–H and O–H groups in total. The van der Waals surface area contributed by atoms with Crippen LogP contribution >= 0.6 is 0 Å². The molecule has 0 fully saturated rings. The summed E-state index contributed by atoms with van der Waals surface area (Å²) in [6.45, 7) is 5.33. The molecule has 38 heavy (non-hydrogen) atoms. The van der Waals surface area contributed by atoms with E-state index in [1.165, 1.54) is 68.9 Å². The van der Waals surface area contributed by atoms with E-state index in [1.807, 2.05) is 6.07 Å². The minimum atomic E-state index is -0.0934. The van der Waals surface area contributed by atoms with E-state index in [0.717, 1.165) is 49.0 Å². The molecule has 0 atom stereocenters. The molecule has 0 spiro atoms. The number of hydrogen-bond donors (Lipinski definition) is 0. The molecule has 0 bridgehead atoms. The van der Waals surface area contributed by atoms with E-state index in [0.29, 0.717) is 19.6 Å². The van der Waals surface area contributed by atoms with E-state index in [2.05, 4.69) is 69.6 Å². The number of nitrogens with zero attached hydrogens (tertiary/aromatic N) is 1. The van der Waals surface area contributed by atoms with Crippen molar-refractivity contribution < 1.29 is 18.8 Å². The molecule has 2 aromatic carbocycles. The number of quaternary nitrogens is 1. The third-order valence-electron chi connectivity index (χ3n) is 7.18. The average molecular weight is 525 g/mol. The Morgan fingerprint density at radius 1 is 0.711 bits per heavy atom. The summed E-state index contributed by atoms with van der Waals surface area (Å²) in [5.41, 5.74) is 2.64. The molecular formula is C34H54NO3+. The Hall–Kier alpha value is -2.33. The van der Waals surface area contributed by atoms with Crippen molar-refractivity contribution in [1.29, 1.82) is 0 Å². The van der Waals surface area contributed by atoms with Gasteiger partial charge in [0.25, 0.3) is 0 Å². The fourth-order valence-electron chi connectivity index (χ4n) is 4.94. The summed E-state index contributed by atoms with van der Waals surface area (Å²) in [6.07, 6.45) is 16.3. The molecule has 0 amide bonds. The lowest BCUT2D eigenvalue weighted by Crippen LogP contribution is -2.39. The van der Waals surface area contributed by atoms with Gasteiger partial charge in [-0.1, -0.05) is 107 Å². The molecule has 4 nitrogen and oxygen atoms in total. The number of ether oxygens (including phenoxy) is 2. The quantitative estimate of drug-likeness (QED) is 0.0879. The second-order valence-corrected chi connectivity index (χ2v) is 11.4. The minimum Gasteiger partial charge on any atom is -0.493 e. The normalized spacial score (nSPS) is 11.4. The number of benzene rings is 2. The van der Waals surface area contributed by atoms with Crippen LogP contribution in [0.4, 0.5) is 0 Å². The summed E-state index contributed by atoms with van der Waals surface area (Å²) < 4.78 is 12.4. The van der Waals surface area contributed by atoms with Gasteiger partial charge in [-0.05, 0) is 37.3 Å². The van der Waals surface area contributed by atoms with Crippen molar-refractivity contribution in [1.82, 2.24) is 0 Å². The summed E-state index contributed by atoms with van der Waals surface area (Å²) in [7, 11) is 4.50. The highest BCUT2D eigenvalue weighted by atomic mass is 16.5. The molecule has 0 aliphatic heterocycles. The Kier molecular flexibility index (Phi) is 16.5. The highest BCUT2D eigenvalue weighted by molar-refractivity contribution is 5.69. The Labute approximate surface area is 233 Å². The number of rotatable bonds is 22. The third kappa shape index (κ3) is 15.2. The average Bonchev–Trinajstić information content (AvgIpc) is 2.91. The first kappa shape index (κ1) is 31.9. The fourth-order valence-corrected chi connectivity index (χ4v) is 4.94. The van der Waals surface area contributed by atoms with Gasteiger partial charge in [0, 0.05) is 18.4 Å². The van der Waals surface area contributed by atoms with Crippen molar-refractivity contribution >= 4 is 5.97 Å². The Bertz CT molecular complexity index is 865. The van der Waals surface area contributed by atoms with Gasteiger partial charge in [0.05, 0.1) is 33.9 Å². The maximum absolute atomic E-state index is 12.1. The van der Waals surface area contributed by atoms with Gasteiger partial charge in [-0.25, -0.2) is 0 Å². The largest absolute Gasteiger partial charge is 0.493 e. The maximum Gasteiger partial charge on any atom is 0.305 e. The lowest BCUT2D eigenvalue weighted by Gasteiger charge is -2.30. The van der Waals surface area contributed by atoms with Crippen molar-refractivity contribution in [3.8, 4) is 5.75 Å². The molecule has 0 unspecified atom stereocenters. The molecule has 4 heteroatoms. The van der Waals surface area contributed by atoms with E-state index >= 15 is 0 Å². The van der Waals surface area contributed by atoms with Gasteiger partial charge in [0.2, 0.25) is 0 Å².